The van der Waals surface area contributed by atoms with Crippen LogP contribution in [0.5, 0.6) is 0 Å². The fourth-order valence-corrected chi connectivity index (χ4v) is 4.97. The lowest BCUT2D eigenvalue weighted by atomic mass is 9.89. The third-order valence-electron chi connectivity index (χ3n) is 6.92. The zero-order valence-corrected chi connectivity index (χ0v) is 19.5. The summed E-state index contributed by atoms with van der Waals surface area (Å²) < 4.78 is 20.6. The number of pyridine rings is 1. The molecular weight excluding hydrogens is 433 g/mol. The van der Waals surface area contributed by atoms with Gasteiger partial charge >= 0.3 is 0 Å². The molecule has 0 bridgehead atoms. The van der Waals surface area contributed by atoms with Gasteiger partial charge in [0.25, 0.3) is 5.56 Å². The highest BCUT2D eigenvalue weighted by Gasteiger charge is 2.19. The second-order valence-electron chi connectivity index (χ2n) is 9.31. The van der Waals surface area contributed by atoms with Crippen molar-refractivity contribution in [2.45, 2.75) is 38.6 Å². The van der Waals surface area contributed by atoms with Crippen molar-refractivity contribution in [3.8, 4) is 11.3 Å². The Morgan fingerprint density at radius 3 is 2.53 bits per heavy atom. The summed E-state index contributed by atoms with van der Waals surface area (Å²) in [6, 6.07) is 10.1. The van der Waals surface area contributed by atoms with Crippen LogP contribution in [-0.2, 0) is 11.3 Å². The summed E-state index contributed by atoms with van der Waals surface area (Å²) in [5.41, 5.74) is 2.68. The highest BCUT2D eigenvalue weighted by molar-refractivity contribution is 5.76. The molecule has 0 amide bonds. The summed E-state index contributed by atoms with van der Waals surface area (Å²) in [7, 11) is 0. The molecule has 1 aliphatic carbocycles. The molecule has 1 saturated heterocycles. The summed E-state index contributed by atoms with van der Waals surface area (Å²) in [6.45, 7) is 5.47. The van der Waals surface area contributed by atoms with Crippen LogP contribution in [0.4, 0.5) is 10.2 Å². The Bertz CT molecular complexity index is 1170. The van der Waals surface area contributed by atoms with E-state index in [2.05, 4.69) is 15.2 Å². The molecular formula is C26H32FN5O2. The molecule has 0 unspecified atom stereocenters. The highest BCUT2D eigenvalue weighted by atomic mass is 19.1. The van der Waals surface area contributed by atoms with Crippen molar-refractivity contribution in [2.75, 3.05) is 44.7 Å². The number of morpholine rings is 1. The van der Waals surface area contributed by atoms with Crippen molar-refractivity contribution in [1.29, 1.82) is 0 Å². The van der Waals surface area contributed by atoms with Gasteiger partial charge < -0.3 is 10.1 Å². The quantitative estimate of drug-likeness (QED) is 0.570. The van der Waals surface area contributed by atoms with E-state index in [1.165, 1.54) is 31.4 Å². The van der Waals surface area contributed by atoms with Gasteiger partial charge in [0.1, 0.15) is 11.3 Å². The number of nitrogens with one attached hydrogen (secondary N) is 1. The number of hydrogen-bond acceptors (Lipinski definition) is 6. The van der Waals surface area contributed by atoms with Gasteiger partial charge in [0.05, 0.1) is 18.9 Å². The van der Waals surface area contributed by atoms with Crippen LogP contribution < -0.4 is 10.9 Å². The van der Waals surface area contributed by atoms with Crippen molar-refractivity contribution in [2.24, 2.45) is 5.92 Å². The summed E-state index contributed by atoms with van der Waals surface area (Å²) in [5, 5.41) is 3.29. The highest BCUT2D eigenvalue weighted by Crippen LogP contribution is 2.26. The monoisotopic (exact) mass is 465 g/mol. The van der Waals surface area contributed by atoms with Crippen molar-refractivity contribution in [3.05, 3.63) is 52.6 Å². The first kappa shape index (κ1) is 22.9. The number of benzene rings is 1. The van der Waals surface area contributed by atoms with E-state index in [-0.39, 0.29) is 11.4 Å². The molecule has 8 heteroatoms. The lowest BCUT2D eigenvalue weighted by molar-refractivity contribution is 0.0398. The first-order valence-corrected chi connectivity index (χ1v) is 12.4. The second kappa shape index (κ2) is 10.6. The minimum atomic E-state index is -0.284. The van der Waals surface area contributed by atoms with Crippen LogP contribution in [-0.4, -0.2) is 58.8 Å². The number of ether oxygens (including phenoxy) is 1. The topological polar surface area (TPSA) is 72.3 Å². The molecule has 1 aromatic carbocycles. The van der Waals surface area contributed by atoms with E-state index < -0.39 is 0 Å². The van der Waals surface area contributed by atoms with Crippen LogP contribution >= 0.6 is 0 Å². The molecule has 34 heavy (non-hydrogen) atoms. The molecule has 2 fully saturated rings. The van der Waals surface area contributed by atoms with E-state index in [1.54, 1.807) is 12.1 Å². The molecule has 1 saturated carbocycles. The van der Waals surface area contributed by atoms with Gasteiger partial charge in [-0.05, 0) is 55.2 Å². The summed E-state index contributed by atoms with van der Waals surface area (Å²) in [6.07, 6.45) is 5.95. The Balaban J connectivity index is 1.46. The fraction of sp³-hybridized carbons (Fsp3) is 0.500. The van der Waals surface area contributed by atoms with Crippen molar-refractivity contribution >= 4 is 17.0 Å². The zero-order chi connectivity index (χ0) is 23.3. The molecule has 0 spiro atoms. The smallest absolute Gasteiger partial charge is 0.294 e. The van der Waals surface area contributed by atoms with Crippen LogP contribution in [0.2, 0.25) is 0 Å². The average Bonchev–Trinajstić information content (AvgIpc) is 2.88. The number of halogens is 1. The standard InChI is InChI=1S/C26H32FN5O2/c27-21-8-6-20(7-9-21)22-10-11-23-25(30-22)32(18-19-4-2-1-3-5-19)26(33)24(29-23)28-12-13-31-14-16-34-17-15-31/h6-11,19H,1-5,12-18H2,(H,28,29). The van der Waals surface area contributed by atoms with Gasteiger partial charge in [-0.15, -0.1) is 0 Å². The first-order valence-electron chi connectivity index (χ1n) is 12.4. The summed E-state index contributed by atoms with van der Waals surface area (Å²) in [4.78, 5) is 25.3. The number of rotatable bonds is 7. The predicted molar refractivity (Wildman–Crippen MR) is 132 cm³/mol. The number of nitrogens with zero attached hydrogens (tertiary/aromatic N) is 4. The van der Waals surface area contributed by atoms with Crippen molar-refractivity contribution in [3.63, 3.8) is 0 Å². The first-order chi connectivity index (χ1) is 16.7. The van der Waals surface area contributed by atoms with Crippen molar-refractivity contribution < 1.29 is 9.13 Å². The van der Waals surface area contributed by atoms with Gasteiger partial charge in [0.15, 0.2) is 11.5 Å². The molecule has 3 aromatic rings. The normalized spacial score (nSPS) is 17.8. The molecule has 5 rings (SSSR count). The molecule has 0 radical (unpaired) electrons. The number of anilines is 1. The molecule has 1 aliphatic heterocycles. The lowest BCUT2D eigenvalue weighted by Gasteiger charge is -2.26. The number of hydrogen-bond donors (Lipinski definition) is 1. The number of fused-ring (bicyclic) bond motifs is 1. The maximum absolute atomic E-state index is 13.5. The molecule has 180 valence electrons. The Kier molecular flexibility index (Phi) is 7.16. The Hall–Kier alpha value is -2.84. The average molecular weight is 466 g/mol. The van der Waals surface area contributed by atoms with Gasteiger partial charge in [-0.3, -0.25) is 14.3 Å². The van der Waals surface area contributed by atoms with Crippen LogP contribution in [0.3, 0.4) is 0 Å². The second-order valence-corrected chi connectivity index (χ2v) is 9.31. The minimum Gasteiger partial charge on any atom is -0.379 e. The Labute approximate surface area is 199 Å². The summed E-state index contributed by atoms with van der Waals surface area (Å²) in [5.74, 6) is 0.565. The van der Waals surface area contributed by atoms with E-state index in [0.717, 1.165) is 51.3 Å². The van der Waals surface area contributed by atoms with E-state index in [0.29, 0.717) is 41.7 Å². The maximum atomic E-state index is 13.5. The van der Waals surface area contributed by atoms with E-state index in [4.69, 9.17) is 9.72 Å². The van der Waals surface area contributed by atoms with Crippen LogP contribution in [0, 0.1) is 11.7 Å². The fourth-order valence-electron chi connectivity index (χ4n) is 4.97. The largest absolute Gasteiger partial charge is 0.379 e. The van der Waals surface area contributed by atoms with Gasteiger partial charge in [0, 0.05) is 38.3 Å². The molecule has 3 heterocycles. The third kappa shape index (κ3) is 5.28. The lowest BCUT2D eigenvalue weighted by Crippen LogP contribution is -2.39. The summed E-state index contributed by atoms with van der Waals surface area (Å²) >= 11 is 0. The molecule has 7 nitrogen and oxygen atoms in total. The number of aromatic nitrogens is 3. The van der Waals surface area contributed by atoms with Crippen molar-refractivity contribution in [1.82, 2.24) is 19.4 Å². The van der Waals surface area contributed by atoms with Crippen LogP contribution in [0.15, 0.2) is 41.2 Å². The Morgan fingerprint density at radius 2 is 1.76 bits per heavy atom. The maximum Gasteiger partial charge on any atom is 0.294 e. The SMILES string of the molecule is O=c1c(NCCN2CCOCC2)nc2ccc(-c3ccc(F)cc3)nc2n1CC1CCCCC1. The van der Waals surface area contributed by atoms with E-state index in [9.17, 15) is 9.18 Å². The third-order valence-corrected chi connectivity index (χ3v) is 6.92. The molecule has 1 N–H and O–H groups in total. The van der Waals surface area contributed by atoms with Crippen LogP contribution in [0.25, 0.3) is 22.4 Å². The van der Waals surface area contributed by atoms with Gasteiger partial charge in [-0.2, -0.15) is 0 Å². The van der Waals surface area contributed by atoms with E-state index in [1.807, 2.05) is 16.7 Å². The molecule has 2 aliphatic rings. The Morgan fingerprint density at radius 1 is 1.00 bits per heavy atom. The van der Waals surface area contributed by atoms with Crippen LogP contribution in [0.1, 0.15) is 32.1 Å². The van der Waals surface area contributed by atoms with Gasteiger partial charge in [-0.25, -0.2) is 14.4 Å². The minimum absolute atomic E-state index is 0.121. The van der Waals surface area contributed by atoms with Gasteiger partial charge in [-0.1, -0.05) is 19.3 Å². The predicted octanol–water partition coefficient (Wildman–Crippen LogP) is 3.92. The zero-order valence-electron chi connectivity index (χ0n) is 19.5. The van der Waals surface area contributed by atoms with E-state index >= 15 is 0 Å². The molecule has 2 aromatic heterocycles. The van der Waals surface area contributed by atoms with Gasteiger partial charge in [0.2, 0.25) is 0 Å². The molecule has 0 atom stereocenters.